The molecule has 1 heterocycles. The SMILES string of the molecule is CC(N)CCC(=O)N(Cc1ccncc1)C1CC1. The lowest BCUT2D eigenvalue weighted by molar-refractivity contribution is -0.132. The summed E-state index contributed by atoms with van der Waals surface area (Å²) in [6.07, 6.45) is 7.13. The van der Waals surface area contributed by atoms with Crippen molar-refractivity contribution in [1.82, 2.24) is 9.88 Å². The highest BCUT2D eigenvalue weighted by Gasteiger charge is 2.32. The average molecular weight is 247 g/mol. The van der Waals surface area contributed by atoms with Gasteiger partial charge in [-0.25, -0.2) is 0 Å². The van der Waals surface area contributed by atoms with Gasteiger partial charge in [-0.2, -0.15) is 0 Å². The van der Waals surface area contributed by atoms with Crippen molar-refractivity contribution in [2.24, 2.45) is 5.73 Å². The second kappa shape index (κ2) is 5.96. The first-order valence-corrected chi connectivity index (χ1v) is 6.61. The average Bonchev–Trinajstić information content (AvgIpc) is 3.18. The van der Waals surface area contributed by atoms with Gasteiger partial charge in [0.25, 0.3) is 0 Å². The van der Waals surface area contributed by atoms with Crippen LogP contribution in [0.5, 0.6) is 0 Å². The first-order valence-electron chi connectivity index (χ1n) is 6.61. The van der Waals surface area contributed by atoms with E-state index in [1.165, 1.54) is 0 Å². The number of pyridine rings is 1. The molecule has 1 amide bonds. The van der Waals surface area contributed by atoms with Gasteiger partial charge in [0, 0.05) is 37.4 Å². The summed E-state index contributed by atoms with van der Waals surface area (Å²) in [5.41, 5.74) is 6.85. The highest BCUT2D eigenvalue weighted by Crippen LogP contribution is 2.29. The van der Waals surface area contributed by atoms with Gasteiger partial charge in [0.2, 0.25) is 5.91 Å². The van der Waals surface area contributed by atoms with Crippen LogP contribution in [-0.4, -0.2) is 27.9 Å². The molecular weight excluding hydrogens is 226 g/mol. The Balaban J connectivity index is 1.94. The molecule has 1 unspecified atom stereocenters. The predicted molar refractivity (Wildman–Crippen MR) is 70.7 cm³/mol. The van der Waals surface area contributed by atoms with E-state index in [1.54, 1.807) is 12.4 Å². The number of aromatic nitrogens is 1. The molecule has 1 saturated carbocycles. The van der Waals surface area contributed by atoms with Crippen LogP contribution in [0.15, 0.2) is 24.5 Å². The first-order chi connectivity index (χ1) is 8.66. The van der Waals surface area contributed by atoms with Gasteiger partial charge in [-0.1, -0.05) is 0 Å². The second-order valence-corrected chi connectivity index (χ2v) is 5.12. The molecule has 1 fully saturated rings. The maximum absolute atomic E-state index is 12.2. The van der Waals surface area contributed by atoms with Crippen molar-refractivity contribution >= 4 is 5.91 Å². The zero-order valence-corrected chi connectivity index (χ0v) is 10.9. The van der Waals surface area contributed by atoms with E-state index in [-0.39, 0.29) is 11.9 Å². The van der Waals surface area contributed by atoms with Gasteiger partial charge < -0.3 is 10.6 Å². The van der Waals surface area contributed by atoms with Crippen LogP contribution in [0.25, 0.3) is 0 Å². The van der Waals surface area contributed by atoms with Crippen molar-refractivity contribution < 1.29 is 4.79 Å². The Morgan fingerprint density at radius 2 is 2.17 bits per heavy atom. The van der Waals surface area contributed by atoms with Crippen LogP contribution in [-0.2, 0) is 11.3 Å². The largest absolute Gasteiger partial charge is 0.335 e. The van der Waals surface area contributed by atoms with E-state index in [2.05, 4.69) is 4.98 Å². The Morgan fingerprint density at radius 3 is 2.72 bits per heavy atom. The molecule has 2 N–H and O–H groups in total. The van der Waals surface area contributed by atoms with Crippen LogP contribution >= 0.6 is 0 Å². The molecule has 1 aliphatic carbocycles. The summed E-state index contributed by atoms with van der Waals surface area (Å²) in [4.78, 5) is 18.2. The van der Waals surface area contributed by atoms with E-state index in [1.807, 2.05) is 24.0 Å². The van der Waals surface area contributed by atoms with E-state index in [9.17, 15) is 4.79 Å². The number of nitrogens with zero attached hydrogens (tertiary/aromatic N) is 2. The van der Waals surface area contributed by atoms with Crippen molar-refractivity contribution in [3.63, 3.8) is 0 Å². The smallest absolute Gasteiger partial charge is 0.223 e. The van der Waals surface area contributed by atoms with Crippen LogP contribution in [0.4, 0.5) is 0 Å². The summed E-state index contributed by atoms with van der Waals surface area (Å²) in [6, 6.07) is 4.47. The molecule has 1 aliphatic rings. The molecule has 4 nitrogen and oxygen atoms in total. The van der Waals surface area contributed by atoms with Crippen molar-refractivity contribution in [2.45, 2.75) is 51.2 Å². The van der Waals surface area contributed by atoms with E-state index in [4.69, 9.17) is 5.73 Å². The van der Waals surface area contributed by atoms with Gasteiger partial charge in [-0.05, 0) is 43.9 Å². The zero-order valence-electron chi connectivity index (χ0n) is 10.9. The molecule has 98 valence electrons. The minimum absolute atomic E-state index is 0.0935. The third-order valence-corrected chi connectivity index (χ3v) is 3.22. The number of rotatable bonds is 6. The Kier molecular flexibility index (Phi) is 4.31. The first kappa shape index (κ1) is 13.0. The number of carbonyl (C=O) groups is 1. The molecule has 0 aromatic carbocycles. The summed E-state index contributed by atoms with van der Waals surface area (Å²) in [6.45, 7) is 2.64. The summed E-state index contributed by atoms with van der Waals surface area (Å²) >= 11 is 0. The minimum atomic E-state index is 0.0935. The Bertz CT molecular complexity index is 387. The van der Waals surface area contributed by atoms with Gasteiger partial charge in [0.1, 0.15) is 0 Å². The lowest BCUT2D eigenvalue weighted by Crippen LogP contribution is -2.33. The van der Waals surface area contributed by atoms with Crippen LogP contribution in [0.1, 0.15) is 38.2 Å². The maximum atomic E-state index is 12.2. The fourth-order valence-electron chi connectivity index (χ4n) is 1.99. The van der Waals surface area contributed by atoms with Gasteiger partial charge in [-0.15, -0.1) is 0 Å². The van der Waals surface area contributed by atoms with E-state index in [0.29, 0.717) is 19.0 Å². The lowest BCUT2D eigenvalue weighted by Gasteiger charge is -2.23. The molecule has 0 saturated heterocycles. The maximum Gasteiger partial charge on any atom is 0.223 e. The van der Waals surface area contributed by atoms with Crippen LogP contribution in [0, 0.1) is 0 Å². The molecular formula is C14H21N3O. The summed E-state index contributed by atoms with van der Waals surface area (Å²) in [5.74, 6) is 0.228. The van der Waals surface area contributed by atoms with Crippen LogP contribution < -0.4 is 5.73 Å². The van der Waals surface area contributed by atoms with Crippen molar-refractivity contribution in [3.05, 3.63) is 30.1 Å². The molecule has 2 rings (SSSR count). The second-order valence-electron chi connectivity index (χ2n) is 5.12. The third-order valence-electron chi connectivity index (χ3n) is 3.22. The normalized spacial score (nSPS) is 16.3. The van der Waals surface area contributed by atoms with Crippen LogP contribution in [0.3, 0.4) is 0 Å². The lowest BCUT2D eigenvalue weighted by atomic mass is 10.1. The summed E-state index contributed by atoms with van der Waals surface area (Å²) < 4.78 is 0. The molecule has 0 bridgehead atoms. The number of carbonyl (C=O) groups excluding carboxylic acids is 1. The highest BCUT2D eigenvalue weighted by molar-refractivity contribution is 5.76. The van der Waals surface area contributed by atoms with Gasteiger partial charge in [-0.3, -0.25) is 9.78 Å². The summed E-state index contributed by atoms with van der Waals surface area (Å²) in [7, 11) is 0. The van der Waals surface area contributed by atoms with Crippen molar-refractivity contribution in [2.75, 3.05) is 0 Å². The molecule has 1 aromatic rings. The molecule has 1 aromatic heterocycles. The molecule has 0 spiro atoms. The standard InChI is InChI=1S/C14H21N3O/c1-11(15)2-5-14(18)17(13-3-4-13)10-12-6-8-16-9-7-12/h6-9,11,13H,2-5,10,15H2,1H3. The fourth-order valence-corrected chi connectivity index (χ4v) is 1.99. The fraction of sp³-hybridized carbons (Fsp3) is 0.571. The molecule has 0 aliphatic heterocycles. The van der Waals surface area contributed by atoms with E-state index < -0.39 is 0 Å². The predicted octanol–water partition coefficient (Wildman–Crippen LogP) is 1.70. The number of amides is 1. The Labute approximate surface area is 108 Å². The van der Waals surface area contributed by atoms with E-state index in [0.717, 1.165) is 24.8 Å². The van der Waals surface area contributed by atoms with Crippen LogP contribution in [0.2, 0.25) is 0 Å². The number of nitrogens with two attached hydrogens (primary N) is 1. The number of hydrogen-bond acceptors (Lipinski definition) is 3. The summed E-state index contributed by atoms with van der Waals surface area (Å²) in [5, 5.41) is 0. The van der Waals surface area contributed by atoms with Crippen molar-refractivity contribution in [1.29, 1.82) is 0 Å². The third kappa shape index (κ3) is 3.81. The minimum Gasteiger partial charge on any atom is -0.335 e. The molecule has 18 heavy (non-hydrogen) atoms. The topological polar surface area (TPSA) is 59.2 Å². The van der Waals surface area contributed by atoms with E-state index >= 15 is 0 Å². The molecule has 4 heteroatoms. The van der Waals surface area contributed by atoms with Gasteiger partial charge in [0.05, 0.1) is 0 Å². The Hall–Kier alpha value is -1.42. The Morgan fingerprint density at radius 1 is 1.50 bits per heavy atom. The highest BCUT2D eigenvalue weighted by atomic mass is 16.2. The quantitative estimate of drug-likeness (QED) is 0.832. The zero-order chi connectivity index (χ0) is 13.0. The monoisotopic (exact) mass is 247 g/mol. The molecule has 0 radical (unpaired) electrons. The van der Waals surface area contributed by atoms with Gasteiger partial charge in [0.15, 0.2) is 0 Å². The molecule has 1 atom stereocenters. The number of hydrogen-bond donors (Lipinski definition) is 1. The van der Waals surface area contributed by atoms with Crippen molar-refractivity contribution in [3.8, 4) is 0 Å². The van der Waals surface area contributed by atoms with Gasteiger partial charge >= 0.3 is 0 Å².